The van der Waals surface area contributed by atoms with Gasteiger partial charge >= 0.3 is 0 Å². The molecule has 0 unspecified atom stereocenters. The quantitative estimate of drug-likeness (QED) is 0.374. The number of nitrogens with one attached hydrogen (secondary N) is 1. The molecule has 0 atom stereocenters. The molecule has 1 aromatic heterocycles. The van der Waals surface area contributed by atoms with Gasteiger partial charge in [-0.05, 0) is 36.8 Å². The summed E-state index contributed by atoms with van der Waals surface area (Å²) in [5, 5.41) is 13.7. The monoisotopic (exact) mass is 398 g/mol. The lowest BCUT2D eigenvalue weighted by Gasteiger charge is -2.07. The fourth-order valence-electron chi connectivity index (χ4n) is 2.84. The first kappa shape index (κ1) is 17.8. The standard InChI is InChI=1S/C19H15ClN4O2S/c20-13-7-5-12(6-8-13)18-23-19(26-24-18)15-9-10-27-16-4-2-1-3-14(16)17(15)21-11-22-25/h1-8,11,25H,9-10H2,(H,21,22). The predicted molar refractivity (Wildman–Crippen MR) is 107 cm³/mol. The van der Waals surface area contributed by atoms with E-state index >= 15 is 0 Å². The Labute approximate surface area is 164 Å². The summed E-state index contributed by atoms with van der Waals surface area (Å²) in [5.74, 6) is 1.77. The van der Waals surface area contributed by atoms with E-state index in [0.717, 1.165) is 27.3 Å². The third kappa shape index (κ3) is 3.75. The van der Waals surface area contributed by atoms with E-state index in [1.165, 1.54) is 6.34 Å². The number of thioether (sulfide) groups is 1. The van der Waals surface area contributed by atoms with Crippen molar-refractivity contribution in [2.45, 2.75) is 11.3 Å². The molecule has 0 saturated heterocycles. The Kier molecular flexibility index (Phi) is 5.24. The first-order valence-electron chi connectivity index (χ1n) is 8.24. The van der Waals surface area contributed by atoms with E-state index in [1.807, 2.05) is 35.8 Å². The van der Waals surface area contributed by atoms with Crippen LogP contribution in [-0.4, -0.2) is 27.4 Å². The largest absolute Gasteiger partial charge is 0.334 e. The number of hydrogen-bond acceptors (Lipinski definition) is 6. The van der Waals surface area contributed by atoms with Crippen molar-refractivity contribution in [1.29, 1.82) is 0 Å². The highest BCUT2D eigenvalue weighted by Gasteiger charge is 2.22. The van der Waals surface area contributed by atoms with Crippen molar-refractivity contribution >= 4 is 41.0 Å². The average Bonchev–Trinajstić information content (AvgIpc) is 3.10. The molecule has 2 heterocycles. The number of allylic oxidation sites excluding steroid dienone is 1. The Morgan fingerprint density at radius 3 is 2.81 bits per heavy atom. The van der Waals surface area contributed by atoms with E-state index in [9.17, 15) is 0 Å². The van der Waals surface area contributed by atoms with Crippen LogP contribution in [0.4, 0.5) is 0 Å². The lowest BCUT2D eigenvalue weighted by Crippen LogP contribution is -2.03. The molecule has 2 N–H and O–H groups in total. The van der Waals surface area contributed by atoms with E-state index < -0.39 is 0 Å². The second-order valence-corrected chi connectivity index (χ2v) is 7.31. The molecule has 4 rings (SSSR count). The van der Waals surface area contributed by atoms with Gasteiger partial charge in [0.25, 0.3) is 5.89 Å². The van der Waals surface area contributed by atoms with Crippen LogP contribution in [-0.2, 0) is 0 Å². The van der Waals surface area contributed by atoms with Gasteiger partial charge in [-0.25, -0.2) is 4.99 Å². The molecule has 1 aliphatic rings. The van der Waals surface area contributed by atoms with E-state index in [1.54, 1.807) is 23.9 Å². The molecule has 3 aromatic rings. The second kappa shape index (κ2) is 7.96. The molecule has 0 bridgehead atoms. The number of fused-ring (bicyclic) bond motifs is 1. The van der Waals surface area contributed by atoms with Crippen molar-refractivity contribution in [3.8, 4) is 11.4 Å². The first-order chi connectivity index (χ1) is 13.3. The van der Waals surface area contributed by atoms with E-state index in [2.05, 4.69) is 21.2 Å². The van der Waals surface area contributed by atoms with E-state index in [-0.39, 0.29) is 0 Å². The zero-order valence-corrected chi connectivity index (χ0v) is 15.7. The van der Waals surface area contributed by atoms with Gasteiger partial charge in [-0.2, -0.15) is 4.98 Å². The third-order valence-electron chi connectivity index (χ3n) is 4.08. The first-order valence-corrected chi connectivity index (χ1v) is 9.60. The van der Waals surface area contributed by atoms with Gasteiger partial charge in [0.1, 0.15) is 6.34 Å². The third-order valence-corrected chi connectivity index (χ3v) is 5.40. The van der Waals surface area contributed by atoms with E-state index in [0.29, 0.717) is 28.9 Å². The van der Waals surface area contributed by atoms with Crippen LogP contribution in [0.1, 0.15) is 17.9 Å². The Hall–Kier alpha value is -2.61. The average molecular weight is 399 g/mol. The maximum Gasteiger partial charge on any atom is 0.256 e. The summed E-state index contributed by atoms with van der Waals surface area (Å²) in [7, 11) is 0. The topological polar surface area (TPSA) is 83.5 Å². The zero-order chi connectivity index (χ0) is 18.6. The Morgan fingerprint density at radius 1 is 1.19 bits per heavy atom. The minimum absolute atomic E-state index is 0.419. The highest BCUT2D eigenvalue weighted by atomic mass is 35.5. The van der Waals surface area contributed by atoms with Gasteiger partial charge in [-0.3, -0.25) is 10.7 Å². The van der Waals surface area contributed by atoms with Crippen LogP contribution in [0.5, 0.6) is 0 Å². The molecule has 0 aliphatic carbocycles. The molecular formula is C19H15ClN4O2S. The maximum atomic E-state index is 8.96. The molecule has 2 aromatic carbocycles. The van der Waals surface area contributed by atoms with Crippen LogP contribution in [0.15, 0.2) is 62.9 Å². The summed E-state index contributed by atoms with van der Waals surface area (Å²) in [5.41, 5.74) is 5.29. The summed E-state index contributed by atoms with van der Waals surface area (Å²) < 4.78 is 5.55. The van der Waals surface area contributed by atoms with Crippen molar-refractivity contribution in [3.05, 3.63) is 65.0 Å². The fourth-order valence-corrected chi connectivity index (χ4v) is 3.99. The summed E-state index contributed by atoms with van der Waals surface area (Å²) >= 11 is 7.69. The minimum atomic E-state index is 0.419. The van der Waals surface area contributed by atoms with Gasteiger partial charge in [0.2, 0.25) is 5.82 Å². The van der Waals surface area contributed by atoms with Crippen LogP contribution in [0, 0.1) is 0 Å². The Morgan fingerprint density at radius 2 is 2.00 bits per heavy atom. The zero-order valence-electron chi connectivity index (χ0n) is 14.1. The van der Waals surface area contributed by atoms with Crippen molar-refractivity contribution in [2.75, 3.05) is 5.75 Å². The van der Waals surface area contributed by atoms with Crippen LogP contribution < -0.4 is 5.48 Å². The SMILES string of the molecule is ONC=NC1=C(c2nc(-c3ccc(Cl)cc3)no2)CCSc2ccccc21. The molecule has 27 heavy (non-hydrogen) atoms. The number of rotatable bonds is 4. The lowest BCUT2D eigenvalue weighted by atomic mass is 10.0. The summed E-state index contributed by atoms with van der Waals surface area (Å²) in [4.78, 5) is 10.1. The van der Waals surface area contributed by atoms with E-state index in [4.69, 9.17) is 21.3 Å². The number of aromatic nitrogens is 2. The summed E-state index contributed by atoms with van der Waals surface area (Å²) in [6, 6.07) is 15.3. The molecule has 136 valence electrons. The Bertz CT molecular complexity index is 1010. The smallest absolute Gasteiger partial charge is 0.256 e. The van der Waals surface area contributed by atoms with Crippen molar-refractivity contribution in [2.24, 2.45) is 4.99 Å². The normalized spacial score (nSPS) is 14.3. The molecule has 0 spiro atoms. The lowest BCUT2D eigenvalue weighted by molar-refractivity contribution is 0.240. The molecule has 0 fully saturated rings. The van der Waals surface area contributed by atoms with Crippen molar-refractivity contribution < 1.29 is 9.73 Å². The highest BCUT2D eigenvalue weighted by molar-refractivity contribution is 7.99. The maximum absolute atomic E-state index is 8.96. The van der Waals surface area contributed by atoms with Gasteiger partial charge < -0.3 is 4.52 Å². The summed E-state index contributed by atoms with van der Waals surface area (Å²) in [6.45, 7) is 0. The number of hydroxylamine groups is 1. The Balaban J connectivity index is 1.81. The number of halogens is 1. The van der Waals surface area contributed by atoms with Gasteiger partial charge in [-0.1, -0.05) is 35.0 Å². The molecular weight excluding hydrogens is 384 g/mol. The minimum Gasteiger partial charge on any atom is -0.334 e. The van der Waals surface area contributed by atoms with Gasteiger partial charge in [0.15, 0.2) is 0 Å². The van der Waals surface area contributed by atoms with Crippen LogP contribution in [0.3, 0.4) is 0 Å². The number of nitrogens with zero attached hydrogens (tertiary/aromatic N) is 3. The highest BCUT2D eigenvalue weighted by Crippen LogP contribution is 2.39. The molecule has 0 radical (unpaired) electrons. The molecule has 1 aliphatic heterocycles. The van der Waals surface area contributed by atoms with Gasteiger partial charge in [0.05, 0.1) is 5.70 Å². The van der Waals surface area contributed by atoms with Gasteiger partial charge in [0, 0.05) is 32.4 Å². The van der Waals surface area contributed by atoms with Crippen molar-refractivity contribution in [3.63, 3.8) is 0 Å². The fraction of sp³-hybridized carbons (Fsp3) is 0.105. The number of hydrogen-bond donors (Lipinski definition) is 2. The molecule has 8 heteroatoms. The van der Waals surface area contributed by atoms with Crippen LogP contribution in [0.2, 0.25) is 5.02 Å². The molecule has 0 amide bonds. The van der Waals surface area contributed by atoms with Crippen LogP contribution >= 0.6 is 23.4 Å². The second-order valence-electron chi connectivity index (χ2n) is 5.74. The van der Waals surface area contributed by atoms with Gasteiger partial charge in [-0.15, -0.1) is 11.8 Å². The number of aliphatic imine (C=N–C) groups is 1. The number of benzene rings is 2. The predicted octanol–water partition coefficient (Wildman–Crippen LogP) is 4.76. The molecule has 0 saturated carbocycles. The van der Waals surface area contributed by atoms with Crippen LogP contribution in [0.25, 0.3) is 22.7 Å². The van der Waals surface area contributed by atoms with Crippen molar-refractivity contribution in [1.82, 2.24) is 15.6 Å². The molecule has 6 nitrogen and oxygen atoms in total. The summed E-state index contributed by atoms with van der Waals surface area (Å²) in [6.07, 6.45) is 1.94.